The maximum absolute atomic E-state index is 15.1. The summed E-state index contributed by atoms with van der Waals surface area (Å²) >= 11 is 0. The number of amides is 1. The van der Waals surface area contributed by atoms with E-state index in [4.69, 9.17) is 14.2 Å². The first-order valence-electron chi connectivity index (χ1n) is 12.6. The van der Waals surface area contributed by atoms with Crippen LogP contribution in [0.5, 0.6) is 5.75 Å². The molecule has 0 N–H and O–H groups in total. The minimum absolute atomic E-state index is 0.140. The molecule has 1 aromatic carbocycles. The Kier molecular flexibility index (Phi) is 9.03. The highest BCUT2D eigenvalue weighted by atomic mass is 19.1. The second-order valence-corrected chi connectivity index (χ2v) is 10.1. The topological polar surface area (TPSA) is 68.3 Å². The van der Waals surface area contributed by atoms with E-state index in [2.05, 4.69) is 4.90 Å². The van der Waals surface area contributed by atoms with Gasteiger partial charge in [0.25, 0.3) is 0 Å². The molecule has 0 radical (unpaired) electrons. The van der Waals surface area contributed by atoms with Gasteiger partial charge in [-0.2, -0.15) is 0 Å². The molecule has 0 unspecified atom stereocenters. The van der Waals surface area contributed by atoms with Crippen LogP contribution >= 0.6 is 0 Å². The van der Waals surface area contributed by atoms with Crippen LogP contribution in [-0.4, -0.2) is 61.5 Å². The van der Waals surface area contributed by atoms with E-state index in [1.807, 2.05) is 27.7 Å². The van der Waals surface area contributed by atoms with Crippen LogP contribution in [0.1, 0.15) is 83.0 Å². The van der Waals surface area contributed by atoms with Crippen LogP contribution in [0.15, 0.2) is 12.1 Å². The number of carbonyl (C=O) groups excluding carboxylic acids is 2. The van der Waals surface area contributed by atoms with Crippen LogP contribution in [0.3, 0.4) is 0 Å². The molecule has 0 atom stereocenters. The van der Waals surface area contributed by atoms with Crippen molar-refractivity contribution < 1.29 is 28.2 Å². The fourth-order valence-corrected chi connectivity index (χ4v) is 4.24. The summed E-state index contributed by atoms with van der Waals surface area (Å²) in [5.74, 6) is -0.927. The van der Waals surface area contributed by atoms with Gasteiger partial charge in [0.2, 0.25) is 0 Å². The molecule has 2 heterocycles. The summed E-state index contributed by atoms with van der Waals surface area (Å²) in [6, 6.07) is 2.90. The van der Waals surface area contributed by atoms with Crippen molar-refractivity contribution in [1.82, 2.24) is 4.90 Å². The molecule has 0 bridgehead atoms. The van der Waals surface area contributed by atoms with Crippen molar-refractivity contribution in [3.63, 3.8) is 0 Å². The van der Waals surface area contributed by atoms with Crippen molar-refractivity contribution in [2.24, 2.45) is 0 Å². The maximum Gasteiger partial charge on any atom is 0.410 e. The summed E-state index contributed by atoms with van der Waals surface area (Å²) < 4.78 is 31.9. The second kappa shape index (κ2) is 11.8. The van der Waals surface area contributed by atoms with E-state index < -0.39 is 17.4 Å². The van der Waals surface area contributed by atoms with Crippen LogP contribution in [0.25, 0.3) is 0 Å². The molecule has 0 aliphatic carbocycles. The number of rotatable bonds is 7. The molecular formula is C26H39FN2O5. The average Bonchev–Trinajstić information content (AvgIpc) is 2.80. The summed E-state index contributed by atoms with van der Waals surface area (Å²) in [4.78, 5) is 28.8. The molecule has 0 spiro atoms. The molecule has 1 amide bonds. The number of halogens is 1. The highest BCUT2D eigenvalue weighted by Crippen LogP contribution is 2.33. The Bertz CT molecular complexity index is 840. The highest BCUT2D eigenvalue weighted by molar-refractivity contribution is 5.96. The number of hydrogen-bond donors (Lipinski definition) is 0. The number of nitrogens with zero attached hydrogens (tertiary/aromatic N) is 2. The number of piperidine rings is 2. The number of hydrogen-bond acceptors (Lipinski definition) is 6. The first kappa shape index (κ1) is 26.1. The van der Waals surface area contributed by atoms with Gasteiger partial charge in [0, 0.05) is 45.1 Å². The summed E-state index contributed by atoms with van der Waals surface area (Å²) in [7, 11) is 0. The van der Waals surface area contributed by atoms with E-state index in [9.17, 15) is 9.59 Å². The Morgan fingerprint density at radius 1 is 1.06 bits per heavy atom. The smallest absolute Gasteiger partial charge is 0.410 e. The summed E-state index contributed by atoms with van der Waals surface area (Å²) in [6.45, 7) is 10.5. The van der Waals surface area contributed by atoms with E-state index in [1.165, 1.54) is 6.07 Å². The van der Waals surface area contributed by atoms with Gasteiger partial charge in [-0.25, -0.2) is 14.0 Å². The maximum atomic E-state index is 15.1. The van der Waals surface area contributed by atoms with E-state index in [-0.39, 0.29) is 23.5 Å². The number of esters is 1. The molecule has 190 valence electrons. The van der Waals surface area contributed by atoms with Crippen molar-refractivity contribution in [2.75, 3.05) is 37.7 Å². The lowest BCUT2D eigenvalue weighted by atomic mass is 10.1. The van der Waals surface area contributed by atoms with Gasteiger partial charge in [-0.05, 0) is 52.5 Å². The van der Waals surface area contributed by atoms with E-state index in [0.717, 1.165) is 45.2 Å². The Morgan fingerprint density at radius 2 is 1.74 bits per heavy atom. The van der Waals surface area contributed by atoms with Gasteiger partial charge in [-0.1, -0.05) is 13.3 Å². The van der Waals surface area contributed by atoms with Crippen LogP contribution in [0, 0.1) is 5.82 Å². The Hall–Kier alpha value is -2.51. The van der Waals surface area contributed by atoms with Crippen molar-refractivity contribution >= 4 is 17.7 Å². The molecule has 2 fully saturated rings. The van der Waals surface area contributed by atoms with Crippen LogP contribution in [0.2, 0.25) is 0 Å². The Balaban J connectivity index is 1.71. The third kappa shape index (κ3) is 7.24. The molecule has 0 saturated carbocycles. The van der Waals surface area contributed by atoms with Crippen molar-refractivity contribution in [3.05, 3.63) is 23.5 Å². The van der Waals surface area contributed by atoms with Gasteiger partial charge in [0.05, 0.1) is 17.9 Å². The largest absolute Gasteiger partial charge is 0.487 e. The van der Waals surface area contributed by atoms with Crippen molar-refractivity contribution in [3.8, 4) is 5.75 Å². The van der Waals surface area contributed by atoms with Gasteiger partial charge in [0.15, 0.2) is 11.6 Å². The highest BCUT2D eigenvalue weighted by Gasteiger charge is 2.29. The molecular weight excluding hydrogens is 439 g/mol. The number of ether oxygens (including phenoxy) is 3. The van der Waals surface area contributed by atoms with E-state index in [0.29, 0.717) is 38.2 Å². The Morgan fingerprint density at radius 3 is 2.35 bits per heavy atom. The lowest BCUT2D eigenvalue weighted by Gasteiger charge is -2.34. The minimum atomic E-state index is -0.572. The molecule has 2 aliphatic rings. The van der Waals surface area contributed by atoms with Gasteiger partial charge in [-0.3, -0.25) is 0 Å². The predicted molar refractivity (Wildman–Crippen MR) is 129 cm³/mol. The quantitative estimate of drug-likeness (QED) is 0.378. The SMILES string of the molecule is CCCCOC(=O)c1cc(F)c(OC2CCN(C(=O)OC(C)(C)C)CC2)cc1N1CCCCC1. The zero-order valence-corrected chi connectivity index (χ0v) is 21.0. The van der Waals surface area contributed by atoms with Crippen LogP contribution in [0.4, 0.5) is 14.9 Å². The average molecular weight is 479 g/mol. The predicted octanol–water partition coefficient (Wildman–Crippen LogP) is 5.55. The molecule has 0 aromatic heterocycles. The van der Waals surface area contributed by atoms with Crippen molar-refractivity contribution in [1.29, 1.82) is 0 Å². The fraction of sp³-hybridized carbons (Fsp3) is 0.692. The molecule has 3 rings (SSSR count). The van der Waals surface area contributed by atoms with Crippen LogP contribution < -0.4 is 9.64 Å². The fourth-order valence-electron chi connectivity index (χ4n) is 4.24. The van der Waals surface area contributed by atoms with E-state index >= 15 is 4.39 Å². The lowest BCUT2D eigenvalue weighted by Crippen LogP contribution is -2.44. The molecule has 8 heteroatoms. The lowest BCUT2D eigenvalue weighted by molar-refractivity contribution is 0.0123. The number of benzene rings is 1. The minimum Gasteiger partial charge on any atom is -0.487 e. The number of unbranched alkanes of at least 4 members (excludes halogenated alkanes) is 1. The first-order valence-corrected chi connectivity index (χ1v) is 12.6. The van der Waals surface area contributed by atoms with Gasteiger partial charge in [0.1, 0.15) is 11.7 Å². The number of likely N-dealkylation sites (tertiary alicyclic amines) is 1. The zero-order valence-electron chi connectivity index (χ0n) is 21.0. The molecule has 2 aliphatic heterocycles. The van der Waals surface area contributed by atoms with Gasteiger partial charge in [-0.15, -0.1) is 0 Å². The third-order valence-corrected chi connectivity index (χ3v) is 6.09. The van der Waals surface area contributed by atoms with E-state index in [1.54, 1.807) is 11.0 Å². The van der Waals surface area contributed by atoms with Crippen molar-refractivity contribution in [2.45, 2.75) is 84.3 Å². The monoisotopic (exact) mass is 478 g/mol. The summed E-state index contributed by atoms with van der Waals surface area (Å²) in [5, 5.41) is 0. The second-order valence-electron chi connectivity index (χ2n) is 10.1. The molecule has 2 saturated heterocycles. The molecule has 34 heavy (non-hydrogen) atoms. The van der Waals surface area contributed by atoms with Gasteiger partial charge >= 0.3 is 12.1 Å². The molecule has 7 nitrogen and oxygen atoms in total. The first-order chi connectivity index (χ1) is 16.2. The number of carbonyl (C=O) groups is 2. The summed E-state index contributed by atoms with van der Waals surface area (Å²) in [5.41, 5.74) is 0.379. The zero-order chi connectivity index (χ0) is 24.7. The normalized spacial score (nSPS) is 17.4. The number of anilines is 1. The van der Waals surface area contributed by atoms with Crippen LogP contribution in [-0.2, 0) is 9.47 Å². The summed E-state index contributed by atoms with van der Waals surface area (Å²) in [6.07, 6.45) is 5.50. The van der Waals surface area contributed by atoms with Gasteiger partial charge < -0.3 is 24.0 Å². The third-order valence-electron chi connectivity index (χ3n) is 6.09. The Labute approximate surface area is 202 Å². The molecule has 1 aromatic rings. The standard InChI is InChI=1S/C26H39FN2O5/c1-5-6-16-32-24(30)20-17-21(27)23(18-22(20)28-12-8-7-9-13-28)33-19-10-14-29(15-11-19)25(31)34-26(2,3)4/h17-19H,5-16H2,1-4H3.